The van der Waals surface area contributed by atoms with Crippen LogP contribution in [0.2, 0.25) is 0 Å². The molecule has 0 aromatic rings. The van der Waals surface area contributed by atoms with E-state index in [4.69, 9.17) is 15.9 Å². The highest BCUT2D eigenvalue weighted by atomic mass is 16.5. The Morgan fingerprint density at radius 1 is 0.650 bits per heavy atom. The van der Waals surface area contributed by atoms with Gasteiger partial charge in [-0.15, -0.1) is 0 Å². The molecule has 0 saturated carbocycles. The van der Waals surface area contributed by atoms with Crippen LogP contribution in [0, 0.1) is 0 Å². The molecule has 0 fully saturated rings. The van der Waals surface area contributed by atoms with E-state index in [2.05, 4.69) is 6.92 Å². The Bertz CT molecular complexity index is 186. The van der Waals surface area contributed by atoms with Crippen molar-refractivity contribution in [3.63, 3.8) is 0 Å². The molecule has 1 unspecified atom stereocenters. The molecule has 3 nitrogen and oxygen atoms in total. The first-order valence-electron chi connectivity index (χ1n) is 8.80. The Morgan fingerprint density at radius 3 is 1.35 bits per heavy atom. The molecule has 0 amide bonds. The van der Waals surface area contributed by atoms with E-state index in [1.54, 1.807) is 0 Å². The van der Waals surface area contributed by atoms with Gasteiger partial charge in [0.05, 0.1) is 6.04 Å². The summed E-state index contributed by atoms with van der Waals surface area (Å²) in [6, 6.07) is -0.470. The minimum absolute atomic E-state index is 0.470. The number of hydrogen-bond acceptors (Lipinski definition) is 3. The van der Waals surface area contributed by atoms with Gasteiger partial charge in [-0.05, 0) is 6.42 Å². The summed E-state index contributed by atoms with van der Waals surface area (Å²) in [5.74, 6) is 0. The molecule has 0 heterocycles. The van der Waals surface area contributed by atoms with Gasteiger partial charge in [0.15, 0.2) is 6.29 Å². The molecule has 0 radical (unpaired) electrons. The van der Waals surface area contributed by atoms with E-state index in [0.717, 1.165) is 19.3 Å². The van der Waals surface area contributed by atoms with Gasteiger partial charge in [0.25, 0.3) is 0 Å². The lowest BCUT2D eigenvalue weighted by atomic mass is 10.0. The minimum Gasteiger partial charge on any atom is -0.367 e. The molecule has 0 rings (SSSR count). The smallest absolute Gasteiger partial charge is 0.166 e. The fraction of sp³-hybridized carbons (Fsp3) is 1.00. The molecule has 122 valence electrons. The van der Waals surface area contributed by atoms with Crippen LogP contribution in [0.25, 0.3) is 0 Å². The summed E-state index contributed by atoms with van der Waals surface area (Å²) in [5.41, 5.74) is 5.56. The highest BCUT2D eigenvalue weighted by Crippen LogP contribution is 2.13. The second-order valence-electron chi connectivity index (χ2n) is 6.11. The quantitative estimate of drug-likeness (QED) is 0.314. The van der Waals surface area contributed by atoms with Crippen molar-refractivity contribution >= 4 is 0 Å². The molecule has 20 heavy (non-hydrogen) atoms. The van der Waals surface area contributed by atoms with Crippen molar-refractivity contribution < 1.29 is 10.2 Å². The molecule has 0 aliphatic heterocycles. The molecule has 0 spiro atoms. The molecular formula is C17H37NO2. The second-order valence-corrected chi connectivity index (χ2v) is 6.11. The van der Waals surface area contributed by atoms with Gasteiger partial charge in [-0.3, -0.25) is 0 Å². The van der Waals surface area contributed by atoms with Crippen molar-refractivity contribution in [3.8, 4) is 0 Å². The molecule has 0 saturated heterocycles. The Hall–Kier alpha value is -0.120. The van der Waals surface area contributed by atoms with Crippen LogP contribution < -0.4 is 5.73 Å². The van der Waals surface area contributed by atoms with Crippen LogP contribution in [-0.2, 0) is 0 Å². The lowest BCUT2D eigenvalue weighted by Gasteiger charge is -2.12. The Labute approximate surface area is 126 Å². The third-order valence-corrected chi connectivity index (χ3v) is 4.02. The van der Waals surface area contributed by atoms with Gasteiger partial charge in [-0.1, -0.05) is 90.4 Å². The lowest BCUT2D eigenvalue weighted by Crippen LogP contribution is -2.34. The molecule has 4 N–H and O–H groups in total. The fourth-order valence-electron chi connectivity index (χ4n) is 2.55. The van der Waals surface area contributed by atoms with Gasteiger partial charge in [-0.25, -0.2) is 0 Å². The summed E-state index contributed by atoms with van der Waals surface area (Å²) < 4.78 is 0. The number of rotatable bonds is 15. The van der Waals surface area contributed by atoms with Crippen molar-refractivity contribution in [2.24, 2.45) is 5.73 Å². The van der Waals surface area contributed by atoms with Crippen LogP contribution >= 0.6 is 0 Å². The zero-order valence-corrected chi connectivity index (χ0v) is 13.5. The first-order chi connectivity index (χ1) is 9.68. The maximum Gasteiger partial charge on any atom is 0.166 e. The van der Waals surface area contributed by atoms with Gasteiger partial charge in [0, 0.05) is 0 Å². The van der Waals surface area contributed by atoms with E-state index >= 15 is 0 Å². The molecule has 0 aromatic carbocycles. The summed E-state index contributed by atoms with van der Waals surface area (Å²) in [7, 11) is 0. The topological polar surface area (TPSA) is 66.5 Å². The normalized spacial score (nSPS) is 13.1. The molecule has 0 aliphatic rings. The summed E-state index contributed by atoms with van der Waals surface area (Å²) in [6.07, 6.45) is 16.6. The van der Waals surface area contributed by atoms with Crippen molar-refractivity contribution in [2.45, 2.75) is 109 Å². The largest absolute Gasteiger partial charge is 0.367 e. The van der Waals surface area contributed by atoms with Crippen LogP contribution in [0.3, 0.4) is 0 Å². The highest BCUT2D eigenvalue weighted by molar-refractivity contribution is 4.62. The average molecular weight is 287 g/mol. The van der Waals surface area contributed by atoms with Crippen molar-refractivity contribution in [1.29, 1.82) is 0 Å². The monoisotopic (exact) mass is 287 g/mol. The molecular weight excluding hydrogens is 250 g/mol. The van der Waals surface area contributed by atoms with E-state index in [0.29, 0.717) is 0 Å². The fourth-order valence-corrected chi connectivity index (χ4v) is 2.55. The van der Waals surface area contributed by atoms with Crippen molar-refractivity contribution in [2.75, 3.05) is 0 Å². The SMILES string of the molecule is CCCCCCCCCCCCCCCC(N)C(O)O. The molecule has 0 aromatic heterocycles. The molecule has 0 aliphatic carbocycles. The average Bonchev–Trinajstić information content (AvgIpc) is 2.43. The van der Waals surface area contributed by atoms with Gasteiger partial charge in [-0.2, -0.15) is 0 Å². The maximum atomic E-state index is 8.84. The van der Waals surface area contributed by atoms with Crippen LogP contribution in [0.5, 0.6) is 0 Å². The second kappa shape index (κ2) is 15.3. The third-order valence-electron chi connectivity index (χ3n) is 4.02. The third kappa shape index (κ3) is 14.3. The van der Waals surface area contributed by atoms with E-state index in [1.165, 1.54) is 70.6 Å². The minimum atomic E-state index is -1.35. The van der Waals surface area contributed by atoms with Crippen molar-refractivity contribution in [3.05, 3.63) is 0 Å². The first kappa shape index (κ1) is 19.9. The Balaban J connectivity index is 3.03. The van der Waals surface area contributed by atoms with Gasteiger partial charge >= 0.3 is 0 Å². The summed E-state index contributed by atoms with van der Waals surface area (Å²) in [5, 5.41) is 17.7. The van der Waals surface area contributed by atoms with E-state index in [9.17, 15) is 0 Å². The number of aliphatic hydroxyl groups excluding tert-OH is 1. The number of nitrogens with two attached hydrogens (primary N) is 1. The number of unbranched alkanes of at least 4 members (excludes halogenated alkanes) is 12. The first-order valence-corrected chi connectivity index (χ1v) is 8.80. The van der Waals surface area contributed by atoms with Crippen LogP contribution in [0.1, 0.15) is 96.8 Å². The lowest BCUT2D eigenvalue weighted by molar-refractivity contribution is -0.0599. The van der Waals surface area contributed by atoms with E-state index in [-0.39, 0.29) is 0 Å². The van der Waals surface area contributed by atoms with Gasteiger partial charge < -0.3 is 15.9 Å². The summed E-state index contributed by atoms with van der Waals surface area (Å²) >= 11 is 0. The maximum absolute atomic E-state index is 8.84. The van der Waals surface area contributed by atoms with Gasteiger partial charge in [0.1, 0.15) is 0 Å². The van der Waals surface area contributed by atoms with Crippen LogP contribution in [-0.4, -0.2) is 22.5 Å². The van der Waals surface area contributed by atoms with Gasteiger partial charge in [0.2, 0.25) is 0 Å². The predicted octanol–water partition coefficient (Wildman–Crippen LogP) is 4.11. The summed E-state index contributed by atoms with van der Waals surface area (Å²) in [4.78, 5) is 0. The molecule has 3 heteroatoms. The highest BCUT2D eigenvalue weighted by Gasteiger charge is 2.09. The van der Waals surface area contributed by atoms with E-state index < -0.39 is 12.3 Å². The molecule has 1 atom stereocenters. The zero-order valence-electron chi connectivity index (χ0n) is 13.5. The molecule has 0 bridgehead atoms. The Morgan fingerprint density at radius 2 is 1.00 bits per heavy atom. The zero-order chi connectivity index (χ0) is 15.1. The predicted molar refractivity (Wildman–Crippen MR) is 86.5 cm³/mol. The Kier molecular flexibility index (Phi) is 15.2. The summed E-state index contributed by atoms with van der Waals surface area (Å²) in [6.45, 7) is 2.26. The van der Waals surface area contributed by atoms with E-state index in [1.807, 2.05) is 0 Å². The standard InChI is InChI=1S/C17H37NO2/c1-2-3-4-5-6-7-8-9-10-11-12-13-14-15-16(18)17(19)20/h16-17,19-20H,2-15,18H2,1H3. The van der Waals surface area contributed by atoms with Crippen LogP contribution in [0.4, 0.5) is 0 Å². The van der Waals surface area contributed by atoms with Crippen molar-refractivity contribution in [1.82, 2.24) is 0 Å². The van der Waals surface area contributed by atoms with Crippen LogP contribution in [0.15, 0.2) is 0 Å². The number of hydrogen-bond donors (Lipinski definition) is 3. The number of aliphatic hydroxyl groups is 2.